The standard InChI is InChI=1S/C13H17ClN2O2/c1-9-8-16(13(2,3)18-9)12(17)15-11-6-4-10(14)5-7-11/h4-7,9H,8H2,1-3H3,(H,15,17). The van der Waals surface area contributed by atoms with E-state index in [4.69, 9.17) is 16.3 Å². The van der Waals surface area contributed by atoms with Crippen molar-refractivity contribution in [3.63, 3.8) is 0 Å². The van der Waals surface area contributed by atoms with Crippen molar-refractivity contribution in [3.8, 4) is 0 Å². The lowest BCUT2D eigenvalue weighted by Gasteiger charge is -2.29. The summed E-state index contributed by atoms with van der Waals surface area (Å²) in [6, 6.07) is 6.87. The first-order valence-electron chi connectivity index (χ1n) is 5.90. The molecule has 0 radical (unpaired) electrons. The van der Waals surface area contributed by atoms with Crippen LogP contribution in [0.25, 0.3) is 0 Å². The van der Waals surface area contributed by atoms with Crippen molar-refractivity contribution in [2.24, 2.45) is 0 Å². The van der Waals surface area contributed by atoms with Gasteiger partial charge >= 0.3 is 6.03 Å². The molecule has 0 spiro atoms. The highest BCUT2D eigenvalue weighted by Gasteiger charge is 2.40. The summed E-state index contributed by atoms with van der Waals surface area (Å²) in [6.45, 7) is 6.32. The Morgan fingerprint density at radius 3 is 2.56 bits per heavy atom. The van der Waals surface area contributed by atoms with E-state index in [1.807, 2.05) is 20.8 Å². The molecule has 0 bridgehead atoms. The van der Waals surface area contributed by atoms with E-state index in [9.17, 15) is 4.79 Å². The van der Waals surface area contributed by atoms with Gasteiger partial charge in [-0.15, -0.1) is 0 Å². The second-order valence-electron chi connectivity index (χ2n) is 4.92. The van der Waals surface area contributed by atoms with E-state index in [1.165, 1.54) is 0 Å². The summed E-state index contributed by atoms with van der Waals surface area (Å²) >= 11 is 5.80. The van der Waals surface area contributed by atoms with Crippen molar-refractivity contribution in [3.05, 3.63) is 29.3 Å². The third-order valence-electron chi connectivity index (χ3n) is 2.92. The second kappa shape index (κ2) is 4.78. The van der Waals surface area contributed by atoms with Crippen LogP contribution in [0.2, 0.25) is 5.02 Å². The first-order chi connectivity index (χ1) is 8.38. The van der Waals surface area contributed by atoms with Crippen LogP contribution in [0.1, 0.15) is 20.8 Å². The van der Waals surface area contributed by atoms with Crippen LogP contribution in [0.5, 0.6) is 0 Å². The Hall–Kier alpha value is -1.26. The van der Waals surface area contributed by atoms with Crippen molar-refractivity contribution >= 4 is 23.3 Å². The second-order valence-corrected chi connectivity index (χ2v) is 5.36. The maximum atomic E-state index is 12.2. The van der Waals surface area contributed by atoms with Crippen LogP contribution in [0, 0.1) is 0 Å². The van der Waals surface area contributed by atoms with Gasteiger partial charge in [0.25, 0.3) is 0 Å². The van der Waals surface area contributed by atoms with E-state index < -0.39 is 5.72 Å². The van der Waals surface area contributed by atoms with Crippen molar-refractivity contribution < 1.29 is 9.53 Å². The molecule has 18 heavy (non-hydrogen) atoms. The number of nitrogens with one attached hydrogen (secondary N) is 1. The number of rotatable bonds is 1. The Labute approximate surface area is 112 Å². The van der Waals surface area contributed by atoms with Gasteiger partial charge in [-0.05, 0) is 45.0 Å². The topological polar surface area (TPSA) is 41.6 Å². The smallest absolute Gasteiger partial charge is 0.324 e. The van der Waals surface area contributed by atoms with E-state index in [1.54, 1.807) is 29.2 Å². The van der Waals surface area contributed by atoms with E-state index in [2.05, 4.69) is 5.32 Å². The lowest BCUT2D eigenvalue weighted by molar-refractivity contribution is -0.0536. The van der Waals surface area contributed by atoms with E-state index in [0.29, 0.717) is 11.6 Å². The average Bonchev–Trinajstić information content (AvgIpc) is 2.55. The molecule has 1 heterocycles. The highest BCUT2D eigenvalue weighted by molar-refractivity contribution is 6.30. The summed E-state index contributed by atoms with van der Waals surface area (Å²) in [7, 11) is 0. The van der Waals surface area contributed by atoms with Crippen LogP contribution < -0.4 is 5.32 Å². The Morgan fingerprint density at radius 1 is 1.44 bits per heavy atom. The van der Waals surface area contributed by atoms with Crippen LogP contribution in [0.15, 0.2) is 24.3 Å². The Kier molecular flexibility index (Phi) is 3.50. The summed E-state index contributed by atoms with van der Waals surface area (Å²) in [4.78, 5) is 13.8. The molecule has 0 aliphatic carbocycles. The fraction of sp³-hybridized carbons (Fsp3) is 0.462. The monoisotopic (exact) mass is 268 g/mol. The number of hydrogen-bond acceptors (Lipinski definition) is 2. The Bertz CT molecular complexity index is 445. The quantitative estimate of drug-likeness (QED) is 0.849. The Balaban J connectivity index is 2.06. The fourth-order valence-corrected chi connectivity index (χ4v) is 2.25. The van der Waals surface area contributed by atoms with Crippen LogP contribution >= 0.6 is 11.6 Å². The first kappa shape index (κ1) is 13.2. The number of benzene rings is 1. The molecule has 2 amide bonds. The number of amides is 2. The number of nitrogens with zero attached hydrogens (tertiary/aromatic N) is 1. The molecule has 1 aliphatic heterocycles. The van der Waals surface area contributed by atoms with Crippen LogP contribution in [0.3, 0.4) is 0 Å². The molecular weight excluding hydrogens is 252 g/mol. The minimum absolute atomic E-state index is 0.0518. The minimum Gasteiger partial charge on any atom is -0.351 e. The van der Waals surface area contributed by atoms with Gasteiger partial charge in [0, 0.05) is 10.7 Å². The van der Waals surface area contributed by atoms with E-state index in [-0.39, 0.29) is 12.1 Å². The Morgan fingerprint density at radius 2 is 2.06 bits per heavy atom. The van der Waals surface area contributed by atoms with Crippen molar-refractivity contribution in [1.82, 2.24) is 4.90 Å². The zero-order valence-corrected chi connectivity index (χ0v) is 11.5. The van der Waals surface area contributed by atoms with Gasteiger partial charge in [-0.25, -0.2) is 4.79 Å². The average molecular weight is 269 g/mol. The lowest BCUT2D eigenvalue weighted by atomic mass is 10.3. The molecule has 1 atom stereocenters. The fourth-order valence-electron chi connectivity index (χ4n) is 2.12. The van der Waals surface area contributed by atoms with Gasteiger partial charge in [-0.1, -0.05) is 11.6 Å². The molecule has 1 N–H and O–H groups in total. The van der Waals surface area contributed by atoms with Gasteiger partial charge in [0.1, 0.15) is 5.72 Å². The summed E-state index contributed by atoms with van der Waals surface area (Å²) in [5, 5.41) is 3.48. The van der Waals surface area contributed by atoms with Crippen molar-refractivity contribution in [1.29, 1.82) is 0 Å². The summed E-state index contributed by atoms with van der Waals surface area (Å²) in [6.07, 6.45) is 0.0518. The summed E-state index contributed by atoms with van der Waals surface area (Å²) < 4.78 is 5.68. The normalized spacial score (nSPS) is 22.0. The molecule has 1 aromatic rings. The maximum absolute atomic E-state index is 12.2. The van der Waals surface area contributed by atoms with Gasteiger partial charge in [0.15, 0.2) is 0 Å². The van der Waals surface area contributed by atoms with Crippen LogP contribution in [0.4, 0.5) is 10.5 Å². The maximum Gasteiger partial charge on any atom is 0.324 e. The molecule has 0 saturated carbocycles. The van der Waals surface area contributed by atoms with Gasteiger partial charge in [0.2, 0.25) is 0 Å². The molecule has 4 nitrogen and oxygen atoms in total. The van der Waals surface area contributed by atoms with Crippen molar-refractivity contribution in [2.75, 3.05) is 11.9 Å². The molecular formula is C13H17ClN2O2. The molecule has 5 heteroatoms. The highest BCUT2D eigenvalue weighted by atomic mass is 35.5. The molecule has 1 aliphatic rings. The first-order valence-corrected chi connectivity index (χ1v) is 6.28. The van der Waals surface area contributed by atoms with Crippen LogP contribution in [-0.2, 0) is 4.74 Å². The summed E-state index contributed by atoms with van der Waals surface area (Å²) in [5.74, 6) is 0. The van der Waals surface area contributed by atoms with Crippen LogP contribution in [-0.4, -0.2) is 29.3 Å². The van der Waals surface area contributed by atoms with E-state index in [0.717, 1.165) is 5.69 Å². The van der Waals surface area contributed by atoms with Crippen molar-refractivity contribution in [2.45, 2.75) is 32.6 Å². The molecule has 1 saturated heterocycles. The molecule has 1 aromatic carbocycles. The van der Waals surface area contributed by atoms with Gasteiger partial charge < -0.3 is 10.1 Å². The van der Waals surface area contributed by atoms with Gasteiger partial charge in [-0.3, -0.25) is 4.90 Å². The minimum atomic E-state index is -0.573. The van der Waals surface area contributed by atoms with Gasteiger partial charge in [-0.2, -0.15) is 0 Å². The number of anilines is 1. The third kappa shape index (κ3) is 2.76. The lowest BCUT2D eigenvalue weighted by Crippen LogP contribution is -2.45. The zero-order valence-electron chi connectivity index (χ0n) is 10.7. The number of hydrogen-bond donors (Lipinski definition) is 1. The number of urea groups is 1. The highest BCUT2D eigenvalue weighted by Crippen LogP contribution is 2.27. The van der Waals surface area contributed by atoms with E-state index >= 15 is 0 Å². The largest absolute Gasteiger partial charge is 0.351 e. The zero-order chi connectivity index (χ0) is 13.3. The molecule has 0 aromatic heterocycles. The number of carbonyl (C=O) groups excluding carboxylic acids is 1. The summed E-state index contributed by atoms with van der Waals surface area (Å²) in [5.41, 5.74) is 0.149. The SMILES string of the molecule is CC1CN(C(=O)Nc2ccc(Cl)cc2)C(C)(C)O1. The molecule has 1 fully saturated rings. The molecule has 1 unspecified atom stereocenters. The predicted octanol–water partition coefficient (Wildman–Crippen LogP) is 3.33. The third-order valence-corrected chi connectivity index (χ3v) is 3.17. The number of halogens is 1. The molecule has 2 rings (SSSR count). The van der Waals surface area contributed by atoms with Gasteiger partial charge in [0.05, 0.1) is 12.6 Å². The number of ether oxygens (including phenoxy) is 1. The molecule has 98 valence electrons. The predicted molar refractivity (Wildman–Crippen MR) is 71.8 cm³/mol. The number of carbonyl (C=O) groups is 1.